The third kappa shape index (κ3) is 1.22. The fourth-order valence-corrected chi connectivity index (χ4v) is 1.33. The summed E-state index contributed by atoms with van der Waals surface area (Å²) in [4.78, 5) is 0. The molecule has 0 heterocycles. The van der Waals surface area contributed by atoms with Gasteiger partial charge in [-0.15, -0.1) is 0 Å². The summed E-state index contributed by atoms with van der Waals surface area (Å²) in [5.74, 6) is 0. The molecule has 0 fully saturated rings. The maximum Gasteiger partial charge on any atom is 0.0346 e. The molecule has 2 rings (SSSR count). The molecule has 0 saturated carbocycles. The van der Waals surface area contributed by atoms with E-state index in [1.807, 2.05) is 0 Å². The molecule has 1 aliphatic rings. The van der Waals surface area contributed by atoms with Crippen molar-refractivity contribution in [3.8, 4) is 0 Å². The first-order valence-electron chi connectivity index (χ1n) is 4.46. The van der Waals surface area contributed by atoms with Crippen molar-refractivity contribution in [2.45, 2.75) is 13.3 Å². The second-order valence-electron chi connectivity index (χ2n) is 3.10. The SMILES string of the molecule is CCCNc1ccc2c(c1)C=C2. The van der Waals surface area contributed by atoms with Gasteiger partial charge in [-0.1, -0.05) is 25.1 Å². The predicted molar refractivity (Wildman–Crippen MR) is 54.2 cm³/mol. The fourth-order valence-electron chi connectivity index (χ4n) is 1.33. The molecule has 1 aliphatic carbocycles. The van der Waals surface area contributed by atoms with Crippen molar-refractivity contribution in [2.75, 3.05) is 11.9 Å². The molecular weight excluding hydrogens is 146 g/mol. The van der Waals surface area contributed by atoms with E-state index >= 15 is 0 Å². The predicted octanol–water partition coefficient (Wildman–Crippen LogP) is 2.99. The van der Waals surface area contributed by atoms with Crippen LogP contribution in [0.15, 0.2) is 18.2 Å². The third-order valence-corrected chi connectivity index (χ3v) is 2.11. The number of benzene rings is 1. The summed E-state index contributed by atoms with van der Waals surface area (Å²) in [7, 11) is 0. The number of hydrogen-bond acceptors (Lipinski definition) is 1. The number of fused-ring (bicyclic) bond motifs is 1. The minimum absolute atomic E-state index is 1.06. The molecule has 0 bridgehead atoms. The summed E-state index contributed by atoms with van der Waals surface area (Å²) in [6.07, 6.45) is 5.46. The Balaban J connectivity index is 2.10. The highest BCUT2D eigenvalue weighted by Crippen LogP contribution is 2.26. The summed E-state index contributed by atoms with van der Waals surface area (Å²) in [6.45, 7) is 3.23. The number of anilines is 1. The van der Waals surface area contributed by atoms with Gasteiger partial charge in [-0.2, -0.15) is 0 Å². The Labute approximate surface area is 73.1 Å². The van der Waals surface area contributed by atoms with Crippen LogP contribution in [-0.4, -0.2) is 6.54 Å². The van der Waals surface area contributed by atoms with Gasteiger partial charge < -0.3 is 5.32 Å². The van der Waals surface area contributed by atoms with Gasteiger partial charge in [-0.25, -0.2) is 0 Å². The molecule has 0 aliphatic heterocycles. The largest absolute Gasteiger partial charge is 0.385 e. The summed E-state index contributed by atoms with van der Waals surface area (Å²) in [6, 6.07) is 6.50. The van der Waals surface area contributed by atoms with Gasteiger partial charge in [0.25, 0.3) is 0 Å². The Morgan fingerprint density at radius 3 is 2.58 bits per heavy atom. The minimum Gasteiger partial charge on any atom is -0.385 e. The van der Waals surface area contributed by atoms with Gasteiger partial charge in [0.2, 0.25) is 0 Å². The zero-order valence-corrected chi connectivity index (χ0v) is 7.30. The second kappa shape index (κ2) is 3.02. The van der Waals surface area contributed by atoms with Gasteiger partial charge >= 0.3 is 0 Å². The normalized spacial score (nSPS) is 12.1. The van der Waals surface area contributed by atoms with E-state index in [0.29, 0.717) is 0 Å². The lowest BCUT2D eigenvalue weighted by atomic mass is 9.97. The highest BCUT2D eigenvalue weighted by Gasteiger charge is 2.04. The van der Waals surface area contributed by atoms with Gasteiger partial charge in [0.15, 0.2) is 0 Å². The molecule has 0 saturated heterocycles. The lowest BCUT2D eigenvalue weighted by molar-refractivity contribution is 0.979. The van der Waals surface area contributed by atoms with Crippen LogP contribution in [0.2, 0.25) is 0 Å². The van der Waals surface area contributed by atoms with Crippen LogP contribution in [0.3, 0.4) is 0 Å². The van der Waals surface area contributed by atoms with E-state index in [0.717, 1.165) is 6.54 Å². The van der Waals surface area contributed by atoms with Crippen LogP contribution < -0.4 is 5.32 Å². The number of rotatable bonds is 3. The van der Waals surface area contributed by atoms with Gasteiger partial charge in [0, 0.05) is 12.2 Å². The van der Waals surface area contributed by atoms with E-state index in [2.05, 4.69) is 42.6 Å². The topological polar surface area (TPSA) is 12.0 Å². The highest BCUT2D eigenvalue weighted by molar-refractivity contribution is 5.87. The first-order valence-corrected chi connectivity index (χ1v) is 4.46. The molecule has 1 aromatic carbocycles. The molecule has 0 aromatic heterocycles. The Morgan fingerprint density at radius 2 is 2.00 bits per heavy atom. The van der Waals surface area contributed by atoms with Crippen LogP contribution in [0.5, 0.6) is 0 Å². The molecule has 1 nitrogen and oxygen atoms in total. The molecule has 0 spiro atoms. The Morgan fingerprint density at radius 1 is 1.17 bits per heavy atom. The van der Waals surface area contributed by atoms with E-state index < -0.39 is 0 Å². The zero-order valence-electron chi connectivity index (χ0n) is 7.30. The van der Waals surface area contributed by atoms with Crippen molar-refractivity contribution in [2.24, 2.45) is 0 Å². The van der Waals surface area contributed by atoms with Crippen LogP contribution in [-0.2, 0) is 0 Å². The van der Waals surface area contributed by atoms with E-state index in [1.54, 1.807) is 0 Å². The van der Waals surface area contributed by atoms with E-state index in [-0.39, 0.29) is 0 Å². The minimum atomic E-state index is 1.06. The Hall–Kier alpha value is -1.24. The summed E-state index contributed by atoms with van der Waals surface area (Å²) in [5.41, 5.74) is 3.95. The Bertz CT molecular complexity index is 313. The fraction of sp³-hybridized carbons (Fsp3) is 0.273. The van der Waals surface area contributed by atoms with Gasteiger partial charge in [-0.05, 0) is 29.7 Å². The van der Waals surface area contributed by atoms with Crippen molar-refractivity contribution in [3.05, 3.63) is 29.3 Å². The van der Waals surface area contributed by atoms with Crippen molar-refractivity contribution in [1.29, 1.82) is 0 Å². The average molecular weight is 159 g/mol. The molecular formula is C11H13N. The van der Waals surface area contributed by atoms with E-state index in [4.69, 9.17) is 0 Å². The first kappa shape index (κ1) is 7.41. The molecule has 0 atom stereocenters. The lowest BCUT2D eigenvalue weighted by Gasteiger charge is -2.12. The Kier molecular flexibility index (Phi) is 1.86. The van der Waals surface area contributed by atoms with Crippen molar-refractivity contribution >= 4 is 17.8 Å². The maximum absolute atomic E-state index is 3.36. The van der Waals surface area contributed by atoms with E-state index in [9.17, 15) is 0 Å². The van der Waals surface area contributed by atoms with Crippen LogP contribution in [0.4, 0.5) is 5.69 Å². The monoisotopic (exact) mass is 159 g/mol. The molecule has 0 unspecified atom stereocenters. The molecule has 1 heteroatoms. The maximum atomic E-state index is 3.36. The number of nitrogens with one attached hydrogen (secondary N) is 1. The van der Waals surface area contributed by atoms with E-state index in [1.165, 1.54) is 23.2 Å². The van der Waals surface area contributed by atoms with Crippen LogP contribution >= 0.6 is 0 Å². The summed E-state index contributed by atoms with van der Waals surface area (Å²) in [5, 5.41) is 3.36. The van der Waals surface area contributed by atoms with Crippen molar-refractivity contribution in [1.82, 2.24) is 0 Å². The standard InChI is InChI=1S/C11H13N/c1-2-7-12-11-6-5-9-3-4-10(9)8-11/h3-6,8,12H,2,7H2,1H3. The van der Waals surface area contributed by atoms with Crippen molar-refractivity contribution < 1.29 is 0 Å². The number of hydrogen-bond donors (Lipinski definition) is 1. The second-order valence-corrected chi connectivity index (χ2v) is 3.10. The van der Waals surface area contributed by atoms with Gasteiger partial charge in [0.05, 0.1) is 0 Å². The average Bonchev–Trinajstić information content (AvgIpc) is 2.05. The molecule has 0 radical (unpaired) electrons. The smallest absolute Gasteiger partial charge is 0.0346 e. The molecule has 1 N–H and O–H groups in total. The molecule has 12 heavy (non-hydrogen) atoms. The molecule has 1 aromatic rings. The van der Waals surface area contributed by atoms with Gasteiger partial charge in [-0.3, -0.25) is 0 Å². The van der Waals surface area contributed by atoms with Crippen LogP contribution in [0, 0.1) is 0 Å². The quantitative estimate of drug-likeness (QED) is 0.726. The summed E-state index contributed by atoms with van der Waals surface area (Å²) >= 11 is 0. The lowest BCUT2D eigenvalue weighted by Crippen LogP contribution is -2.00. The first-order chi connectivity index (χ1) is 5.90. The molecule has 62 valence electrons. The van der Waals surface area contributed by atoms with Crippen molar-refractivity contribution in [3.63, 3.8) is 0 Å². The zero-order chi connectivity index (χ0) is 8.39. The highest BCUT2D eigenvalue weighted by atomic mass is 14.9. The molecule has 0 amide bonds. The third-order valence-electron chi connectivity index (χ3n) is 2.11. The summed E-state index contributed by atoms with van der Waals surface area (Å²) < 4.78 is 0. The van der Waals surface area contributed by atoms with Crippen LogP contribution in [0.1, 0.15) is 24.5 Å². The van der Waals surface area contributed by atoms with Gasteiger partial charge in [0.1, 0.15) is 0 Å². The van der Waals surface area contributed by atoms with Crippen LogP contribution in [0.25, 0.3) is 12.2 Å².